The maximum Gasteiger partial charge on any atom is 0.258 e. The standard InChI is InChI=1S/C25H28N2O4/c1-5-14-27(15-6-2)21(7-3)24-20(17-23-22(28-4)13-16-29-23)25(26-31-24)30-18-19-11-9-8-10-12-19/h5-13,16,21H,1-3,14-15,17-18H2,4H3/t21-/m0/s1. The van der Waals surface area contributed by atoms with Gasteiger partial charge in [-0.05, 0) is 10.7 Å². The minimum atomic E-state index is -0.242. The summed E-state index contributed by atoms with van der Waals surface area (Å²) in [5.41, 5.74) is 1.82. The number of hydrogen-bond acceptors (Lipinski definition) is 6. The number of methoxy groups -OCH3 is 1. The van der Waals surface area contributed by atoms with Crippen LogP contribution in [0.2, 0.25) is 0 Å². The highest BCUT2D eigenvalue weighted by Gasteiger charge is 2.28. The molecule has 1 aromatic carbocycles. The molecule has 6 heteroatoms. The molecule has 0 saturated heterocycles. The molecule has 2 heterocycles. The lowest BCUT2D eigenvalue weighted by Gasteiger charge is -2.26. The Morgan fingerprint density at radius 1 is 1.10 bits per heavy atom. The molecule has 0 saturated carbocycles. The van der Waals surface area contributed by atoms with Crippen LogP contribution >= 0.6 is 0 Å². The van der Waals surface area contributed by atoms with E-state index in [2.05, 4.69) is 29.8 Å². The quantitative estimate of drug-likeness (QED) is 0.348. The first kappa shape index (κ1) is 22.2. The van der Waals surface area contributed by atoms with Crippen LogP contribution in [0.25, 0.3) is 0 Å². The van der Waals surface area contributed by atoms with Gasteiger partial charge < -0.3 is 18.4 Å². The van der Waals surface area contributed by atoms with Gasteiger partial charge in [0, 0.05) is 25.6 Å². The highest BCUT2D eigenvalue weighted by Crippen LogP contribution is 2.35. The van der Waals surface area contributed by atoms with Crippen LogP contribution in [-0.4, -0.2) is 30.3 Å². The first-order chi connectivity index (χ1) is 15.2. The van der Waals surface area contributed by atoms with Gasteiger partial charge >= 0.3 is 0 Å². The van der Waals surface area contributed by atoms with Crippen LogP contribution in [0.3, 0.4) is 0 Å². The van der Waals surface area contributed by atoms with Crippen LogP contribution in [0.4, 0.5) is 0 Å². The van der Waals surface area contributed by atoms with Gasteiger partial charge in [0.05, 0.1) is 25.0 Å². The molecule has 162 valence electrons. The zero-order valence-corrected chi connectivity index (χ0v) is 17.8. The largest absolute Gasteiger partial charge is 0.493 e. The fraction of sp³-hybridized carbons (Fsp3) is 0.240. The number of nitrogens with zero attached hydrogens (tertiary/aromatic N) is 2. The van der Waals surface area contributed by atoms with Gasteiger partial charge in [0.1, 0.15) is 12.4 Å². The van der Waals surface area contributed by atoms with Gasteiger partial charge in [-0.3, -0.25) is 4.90 Å². The monoisotopic (exact) mass is 420 g/mol. The molecule has 0 radical (unpaired) electrons. The molecule has 0 aliphatic rings. The molecule has 1 atom stereocenters. The van der Waals surface area contributed by atoms with Gasteiger partial charge in [-0.2, -0.15) is 0 Å². The van der Waals surface area contributed by atoms with Crippen molar-refractivity contribution < 1.29 is 18.4 Å². The van der Waals surface area contributed by atoms with Crippen molar-refractivity contribution in [2.75, 3.05) is 20.2 Å². The molecule has 0 fully saturated rings. The SMILES string of the molecule is C=CCN(CC=C)[C@@H](C=C)c1onc(OCc2ccccc2)c1Cc1occc1OC. The summed E-state index contributed by atoms with van der Waals surface area (Å²) >= 11 is 0. The molecule has 0 bridgehead atoms. The highest BCUT2D eigenvalue weighted by atomic mass is 16.5. The summed E-state index contributed by atoms with van der Waals surface area (Å²) in [6.07, 6.45) is 7.48. The van der Waals surface area contributed by atoms with Crippen LogP contribution in [0.5, 0.6) is 11.6 Å². The van der Waals surface area contributed by atoms with E-state index in [1.165, 1.54) is 0 Å². The number of ether oxygens (including phenoxy) is 2. The zero-order chi connectivity index (χ0) is 22.1. The van der Waals surface area contributed by atoms with E-state index in [-0.39, 0.29) is 6.04 Å². The first-order valence-electron chi connectivity index (χ1n) is 10.1. The van der Waals surface area contributed by atoms with E-state index in [0.29, 0.717) is 49.3 Å². The Hall–Kier alpha value is -3.51. The average molecular weight is 421 g/mol. The van der Waals surface area contributed by atoms with Crippen LogP contribution in [0.1, 0.15) is 28.7 Å². The van der Waals surface area contributed by atoms with E-state index >= 15 is 0 Å². The summed E-state index contributed by atoms with van der Waals surface area (Å²) in [7, 11) is 1.61. The summed E-state index contributed by atoms with van der Waals surface area (Å²) < 4.78 is 22.9. The van der Waals surface area contributed by atoms with Crippen LogP contribution in [0.15, 0.2) is 89.6 Å². The fourth-order valence-electron chi connectivity index (χ4n) is 3.40. The molecule has 0 aliphatic carbocycles. The second kappa shape index (κ2) is 11.0. The number of hydrogen-bond donors (Lipinski definition) is 0. The molecule has 0 N–H and O–H groups in total. The molecule has 3 aromatic rings. The minimum absolute atomic E-state index is 0.242. The Morgan fingerprint density at radius 2 is 1.84 bits per heavy atom. The summed E-state index contributed by atoms with van der Waals surface area (Å²) in [4.78, 5) is 2.12. The summed E-state index contributed by atoms with van der Waals surface area (Å²) in [5, 5.41) is 4.23. The minimum Gasteiger partial charge on any atom is -0.493 e. The Kier molecular flexibility index (Phi) is 7.90. The molecule has 0 unspecified atom stereocenters. The van der Waals surface area contributed by atoms with Crippen LogP contribution in [0, 0.1) is 0 Å². The second-order valence-electron chi connectivity index (χ2n) is 6.91. The second-order valence-corrected chi connectivity index (χ2v) is 6.91. The zero-order valence-electron chi connectivity index (χ0n) is 17.8. The molecule has 0 aliphatic heterocycles. The van der Waals surface area contributed by atoms with Gasteiger partial charge in [0.2, 0.25) is 0 Å². The Bertz CT molecular complexity index is 980. The molecular formula is C25H28N2O4. The number of rotatable bonds is 13. The molecule has 2 aromatic heterocycles. The van der Waals surface area contributed by atoms with Crippen molar-refractivity contribution in [1.82, 2.24) is 10.1 Å². The number of furan rings is 1. The number of aromatic nitrogens is 1. The predicted octanol–water partition coefficient (Wildman–Crippen LogP) is 5.35. The van der Waals surface area contributed by atoms with E-state index < -0.39 is 0 Å². The van der Waals surface area contributed by atoms with Crippen molar-refractivity contribution >= 4 is 0 Å². The van der Waals surface area contributed by atoms with Gasteiger partial charge in [0.15, 0.2) is 11.5 Å². The summed E-state index contributed by atoms with van der Waals surface area (Å²) in [6.45, 7) is 13.4. The van der Waals surface area contributed by atoms with Crippen molar-refractivity contribution in [3.8, 4) is 11.6 Å². The van der Waals surface area contributed by atoms with Crippen LogP contribution < -0.4 is 9.47 Å². The lowest BCUT2D eigenvalue weighted by Crippen LogP contribution is -2.28. The van der Waals surface area contributed by atoms with Crippen molar-refractivity contribution in [3.63, 3.8) is 0 Å². The van der Waals surface area contributed by atoms with E-state index in [0.717, 1.165) is 11.1 Å². The fourth-order valence-corrected chi connectivity index (χ4v) is 3.40. The number of benzene rings is 1. The first-order valence-corrected chi connectivity index (χ1v) is 10.1. The third-order valence-electron chi connectivity index (χ3n) is 4.88. The lowest BCUT2D eigenvalue weighted by molar-refractivity contribution is 0.226. The van der Waals surface area contributed by atoms with Crippen molar-refractivity contribution in [2.24, 2.45) is 0 Å². The van der Waals surface area contributed by atoms with Gasteiger partial charge in [-0.1, -0.05) is 48.6 Å². The van der Waals surface area contributed by atoms with E-state index in [4.69, 9.17) is 18.4 Å². The summed E-state index contributed by atoms with van der Waals surface area (Å²) in [5.74, 6) is 2.38. The van der Waals surface area contributed by atoms with E-state index in [1.807, 2.05) is 48.6 Å². The maximum atomic E-state index is 6.04. The molecule has 6 nitrogen and oxygen atoms in total. The molecule has 0 spiro atoms. The molecule has 3 rings (SSSR count). The smallest absolute Gasteiger partial charge is 0.258 e. The summed E-state index contributed by atoms with van der Waals surface area (Å²) in [6, 6.07) is 11.4. The molecule has 0 amide bonds. The van der Waals surface area contributed by atoms with Crippen LogP contribution in [-0.2, 0) is 13.0 Å². The molecular weight excluding hydrogens is 392 g/mol. The maximum absolute atomic E-state index is 6.04. The van der Waals surface area contributed by atoms with Gasteiger partial charge in [-0.15, -0.1) is 19.7 Å². The van der Waals surface area contributed by atoms with Crippen molar-refractivity contribution in [3.05, 3.63) is 103 Å². The average Bonchev–Trinajstić information content (AvgIpc) is 3.41. The van der Waals surface area contributed by atoms with Crippen molar-refractivity contribution in [2.45, 2.75) is 19.1 Å². The van der Waals surface area contributed by atoms with Gasteiger partial charge in [0.25, 0.3) is 5.88 Å². The topological polar surface area (TPSA) is 60.9 Å². The lowest BCUT2D eigenvalue weighted by atomic mass is 10.0. The third kappa shape index (κ3) is 5.35. The Balaban J connectivity index is 1.96. The highest BCUT2D eigenvalue weighted by molar-refractivity contribution is 5.39. The third-order valence-corrected chi connectivity index (χ3v) is 4.88. The molecule has 31 heavy (non-hydrogen) atoms. The van der Waals surface area contributed by atoms with E-state index in [1.54, 1.807) is 19.4 Å². The van der Waals surface area contributed by atoms with E-state index in [9.17, 15) is 0 Å². The van der Waals surface area contributed by atoms with Crippen molar-refractivity contribution in [1.29, 1.82) is 0 Å². The normalized spacial score (nSPS) is 11.8. The Labute approximate surface area is 183 Å². The Morgan fingerprint density at radius 3 is 2.48 bits per heavy atom. The predicted molar refractivity (Wildman–Crippen MR) is 120 cm³/mol. The van der Waals surface area contributed by atoms with Gasteiger partial charge in [-0.25, -0.2) is 0 Å².